The second-order valence-electron chi connectivity index (χ2n) is 3.81. The molecule has 0 aliphatic heterocycles. The third kappa shape index (κ3) is 5.12. The molecule has 0 aliphatic rings. The summed E-state index contributed by atoms with van der Waals surface area (Å²) in [7, 11) is 0. The van der Waals surface area contributed by atoms with E-state index < -0.39 is 17.5 Å². The molecule has 0 aromatic heterocycles. The molecule has 19 heavy (non-hydrogen) atoms. The van der Waals surface area contributed by atoms with Crippen molar-refractivity contribution in [2.24, 2.45) is 0 Å². The highest BCUT2D eigenvalue weighted by Gasteiger charge is 2.31. The van der Waals surface area contributed by atoms with Crippen LogP contribution in [0.2, 0.25) is 0 Å². The van der Waals surface area contributed by atoms with E-state index in [0.717, 1.165) is 0 Å². The number of hydrogen-bond donors (Lipinski definition) is 2. The minimum atomic E-state index is -4.45. The number of aliphatic hydroxyl groups excluding tert-OH is 1. The third-order valence-electron chi connectivity index (χ3n) is 2.41. The highest BCUT2D eigenvalue weighted by molar-refractivity contribution is 8.00. The molecule has 0 aliphatic carbocycles. The Hall–Kier alpha value is -1.21. The molecule has 0 saturated carbocycles. The van der Waals surface area contributed by atoms with E-state index in [2.05, 4.69) is 5.32 Å². The number of hydrogen-bond acceptors (Lipinski definition) is 3. The lowest BCUT2D eigenvalue weighted by molar-refractivity contribution is -0.0328. The van der Waals surface area contributed by atoms with Gasteiger partial charge >= 0.3 is 5.51 Å². The number of aliphatic hydroxyl groups is 1. The van der Waals surface area contributed by atoms with Gasteiger partial charge in [-0.15, -0.1) is 0 Å². The van der Waals surface area contributed by atoms with E-state index in [4.69, 9.17) is 5.11 Å². The van der Waals surface area contributed by atoms with Gasteiger partial charge in [-0.25, -0.2) is 0 Å². The number of carbonyl (C=O) groups is 1. The summed E-state index contributed by atoms with van der Waals surface area (Å²) >= 11 is -0.325. The predicted octanol–water partition coefficient (Wildman–Crippen LogP) is 2.80. The van der Waals surface area contributed by atoms with Gasteiger partial charge in [0.25, 0.3) is 5.91 Å². The summed E-state index contributed by atoms with van der Waals surface area (Å²) in [6.45, 7) is 1.51. The van der Waals surface area contributed by atoms with Gasteiger partial charge in [-0.3, -0.25) is 4.79 Å². The summed E-state index contributed by atoms with van der Waals surface area (Å²) in [4.78, 5) is 11.7. The van der Waals surface area contributed by atoms with Gasteiger partial charge in [0.05, 0.1) is 18.2 Å². The van der Waals surface area contributed by atoms with Crippen LogP contribution in [0.1, 0.15) is 23.7 Å². The topological polar surface area (TPSA) is 49.3 Å². The van der Waals surface area contributed by atoms with Gasteiger partial charge in [0.2, 0.25) is 0 Å². The van der Waals surface area contributed by atoms with Crippen molar-refractivity contribution in [1.82, 2.24) is 5.32 Å². The zero-order valence-corrected chi connectivity index (χ0v) is 11.0. The Bertz CT molecular complexity index is 433. The number of benzene rings is 1. The molecule has 7 heteroatoms. The standard InChI is InChI=1S/C12H14F3NO2S/c1-2-8(7-17)16-11(18)9-5-3-4-6-10(9)19-12(13,14)15/h3-6,8,17H,2,7H2,1H3,(H,16,18)/t8-/m1/s1. The number of amides is 1. The molecule has 0 fully saturated rings. The van der Waals surface area contributed by atoms with E-state index >= 15 is 0 Å². The summed E-state index contributed by atoms with van der Waals surface area (Å²) in [5.41, 5.74) is -4.49. The number of carbonyl (C=O) groups excluding carboxylic acids is 1. The van der Waals surface area contributed by atoms with Gasteiger partial charge < -0.3 is 10.4 Å². The fraction of sp³-hybridized carbons (Fsp3) is 0.417. The van der Waals surface area contributed by atoms with Crippen molar-refractivity contribution in [3.05, 3.63) is 29.8 Å². The summed E-state index contributed by atoms with van der Waals surface area (Å²) in [5.74, 6) is -0.617. The minimum Gasteiger partial charge on any atom is -0.394 e. The number of alkyl halides is 3. The molecule has 3 nitrogen and oxygen atoms in total. The number of thioether (sulfide) groups is 1. The van der Waals surface area contributed by atoms with Crippen LogP contribution in [0, 0.1) is 0 Å². The van der Waals surface area contributed by atoms with Crippen LogP contribution in [-0.4, -0.2) is 29.2 Å². The molecule has 1 amide bonds. The van der Waals surface area contributed by atoms with Crippen molar-refractivity contribution in [2.75, 3.05) is 6.61 Å². The van der Waals surface area contributed by atoms with Crippen LogP contribution in [0.3, 0.4) is 0 Å². The molecular formula is C12H14F3NO2S. The molecule has 1 aromatic rings. The molecule has 0 bridgehead atoms. The lowest BCUT2D eigenvalue weighted by Crippen LogP contribution is -2.37. The van der Waals surface area contributed by atoms with Crippen LogP contribution in [0.4, 0.5) is 13.2 Å². The Morgan fingerprint density at radius 1 is 1.42 bits per heavy atom. The van der Waals surface area contributed by atoms with Gasteiger partial charge in [-0.1, -0.05) is 19.1 Å². The molecule has 106 valence electrons. The summed E-state index contributed by atoms with van der Waals surface area (Å²) < 4.78 is 37.1. The molecule has 0 heterocycles. The largest absolute Gasteiger partial charge is 0.446 e. The maximum Gasteiger partial charge on any atom is 0.446 e. The average molecular weight is 293 g/mol. The first-order valence-corrected chi connectivity index (χ1v) is 6.45. The van der Waals surface area contributed by atoms with Crippen molar-refractivity contribution in [1.29, 1.82) is 0 Å². The van der Waals surface area contributed by atoms with Crippen molar-refractivity contribution in [2.45, 2.75) is 29.8 Å². The maximum atomic E-state index is 12.4. The van der Waals surface area contributed by atoms with Crippen LogP contribution in [0.5, 0.6) is 0 Å². The SMILES string of the molecule is CC[C@H](CO)NC(=O)c1ccccc1SC(F)(F)F. The highest BCUT2D eigenvalue weighted by Crippen LogP contribution is 2.38. The predicted molar refractivity (Wildman–Crippen MR) is 67.0 cm³/mol. The van der Waals surface area contributed by atoms with Crippen LogP contribution >= 0.6 is 11.8 Å². The Labute approximate surface area is 113 Å². The van der Waals surface area contributed by atoms with Crippen molar-refractivity contribution >= 4 is 17.7 Å². The number of halogens is 3. The number of nitrogens with one attached hydrogen (secondary N) is 1. The smallest absolute Gasteiger partial charge is 0.394 e. The molecule has 1 atom stereocenters. The Balaban J connectivity index is 2.90. The number of rotatable bonds is 5. The maximum absolute atomic E-state index is 12.4. The second kappa shape index (κ2) is 6.81. The van der Waals surface area contributed by atoms with E-state index in [-0.39, 0.29) is 28.8 Å². The minimum absolute atomic E-state index is 0.0447. The first kappa shape index (κ1) is 15.8. The molecule has 0 radical (unpaired) electrons. The normalized spacial score (nSPS) is 13.1. The van der Waals surface area contributed by atoms with E-state index in [9.17, 15) is 18.0 Å². The fourth-order valence-corrected chi connectivity index (χ4v) is 2.07. The van der Waals surface area contributed by atoms with Gasteiger partial charge in [0, 0.05) is 4.90 Å². The van der Waals surface area contributed by atoms with Crippen LogP contribution in [-0.2, 0) is 0 Å². The van der Waals surface area contributed by atoms with Gasteiger partial charge in [0.15, 0.2) is 0 Å². The molecule has 1 aromatic carbocycles. The lowest BCUT2D eigenvalue weighted by Gasteiger charge is -2.16. The quantitative estimate of drug-likeness (QED) is 0.821. The monoisotopic (exact) mass is 293 g/mol. The average Bonchev–Trinajstić information content (AvgIpc) is 2.34. The third-order valence-corrected chi connectivity index (χ3v) is 3.21. The van der Waals surface area contributed by atoms with Crippen molar-refractivity contribution in [3.63, 3.8) is 0 Å². The Morgan fingerprint density at radius 3 is 2.58 bits per heavy atom. The van der Waals surface area contributed by atoms with Gasteiger partial charge in [-0.05, 0) is 30.3 Å². The molecule has 1 rings (SSSR count). The van der Waals surface area contributed by atoms with E-state index in [1.807, 2.05) is 0 Å². The second-order valence-corrected chi connectivity index (χ2v) is 4.91. The zero-order valence-electron chi connectivity index (χ0n) is 10.2. The van der Waals surface area contributed by atoms with Crippen molar-refractivity contribution in [3.8, 4) is 0 Å². The molecule has 2 N–H and O–H groups in total. The Morgan fingerprint density at radius 2 is 2.05 bits per heavy atom. The van der Waals surface area contributed by atoms with Gasteiger partial charge in [0.1, 0.15) is 0 Å². The fourth-order valence-electron chi connectivity index (χ4n) is 1.41. The van der Waals surface area contributed by atoms with Crippen LogP contribution in [0.15, 0.2) is 29.2 Å². The summed E-state index contributed by atoms with van der Waals surface area (Å²) in [6.07, 6.45) is 0.497. The van der Waals surface area contributed by atoms with E-state index in [1.54, 1.807) is 6.92 Å². The molecular weight excluding hydrogens is 279 g/mol. The highest BCUT2D eigenvalue weighted by atomic mass is 32.2. The molecule has 0 saturated heterocycles. The first-order valence-electron chi connectivity index (χ1n) is 5.64. The van der Waals surface area contributed by atoms with Crippen LogP contribution < -0.4 is 5.32 Å². The van der Waals surface area contributed by atoms with Crippen molar-refractivity contribution < 1.29 is 23.1 Å². The Kier molecular flexibility index (Phi) is 5.68. The summed E-state index contributed by atoms with van der Waals surface area (Å²) in [6, 6.07) is 5.04. The van der Waals surface area contributed by atoms with E-state index in [0.29, 0.717) is 6.42 Å². The van der Waals surface area contributed by atoms with Crippen LogP contribution in [0.25, 0.3) is 0 Å². The molecule has 0 spiro atoms. The zero-order chi connectivity index (χ0) is 14.5. The van der Waals surface area contributed by atoms with Gasteiger partial charge in [-0.2, -0.15) is 13.2 Å². The summed E-state index contributed by atoms with van der Waals surface area (Å²) in [5, 5.41) is 11.5. The lowest BCUT2D eigenvalue weighted by atomic mass is 10.2. The molecule has 0 unspecified atom stereocenters. The first-order chi connectivity index (χ1) is 8.87. The van der Waals surface area contributed by atoms with E-state index in [1.165, 1.54) is 24.3 Å².